The van der Waals surface area contributed by atoms with Crippen LogP contribution in [0.15, 0.2) is 36.4 Å². The van der Waals surface area contributed by atoms with E-state index in [2.05, 4.69) is 61.7 Å². The summed E-state index contributed by atoms with van der Waals surface area (Å²) in [5.74, 6) is 0. The smallest absolute Gasteiger partial charge is 0.130 e. The van der Waals surface area contributed by atoms with Crippen LogP contribution in [-0.4, -0.2) is 0 Å². The summed E-state index contributed by atoms with van der Waals surface area (Å²) in [5, 5.41) is 0. The summed E-state index contributed by atoms with van der Waals surface area (Å²) in [6.45, 7) is 4.18. The molecule has 2 aromatic rings. The molecule has 6 N–H and O–H groups in total. The normalized spacial score (nSPS) is 10.5. The van der Waals surface area contributed by atoms with Crippen molar-refractivity contribution in [3.05, 3.63) is 47.5 Å². The van der Waals surface area contributed by atoms with Gasteiger partial charge in [-0.3, -0.25) is 0 Å². The van der Waals surface area contributed by atoms with Crippen LogP contribution in [0.5, 0.6) is 0 Å². The van der Waals surface area contributed by atoms with E-state index in [4.69, 9.17) is 0 Å². The second-order valence-electron chi connectivity index (χ2n) is 4.28. The third kappa shape index (κ3) is 1.98. The van der Waals surface area contributed by atoms with E-state index in [9.17, 15) is 0 Å². The van der Waals surface area contributed by atoms with Crippen molar-refractivity contribution in [3.8, 4) is 11.1 Å². The topological polar surface area (TPSA) is 55.3 Å². The molecular weight excluding hydrogens is 196 g/mol. The van der Waals surface area contributed by atoms with Gasteiger partial charge >= 0.3 is 0 Å². The molecular formula is C14H18N2+2. The highest BCUT2D eigenvalue weighted by Crippen LogP contribution is 2.25. The van der Waals surface area contributed by atoms with Crippen molar-refractivity contribution in [2.75, 3.05) is 0 Å². The lowest BCUT2D eigenvalue weighted by atomic mass is 10.0. The summed E-state index contributed by atoms with van der Waals surface area (Å²) < 4.78 is 0. The Bertz CT molecular complexity index is 481. The molecule has 0 saturated heterocycles. The minimum Gasteiger partial charge on any atom is -0.325 e. The van der Waals surface area contributed by atoms with Crippen LogP contribution in [0.1, 0.15) is 11.1 Å². The van der Waals surface area contributed by atoms with Crippen molar-refractivity contribution in [2.45, 2.75) is 13.8 Å². The lowest BCUT2D eigenvalue weighted by Gasteiger charge is -2.05. The maximum absolute atomic E-state index is 3.98. The minimum atomic E-state index is 1.09. The summed E-state index contributed by atoms with van der Waals surface area (Å²) in [6, 6.07) is 12.7. The zero-order valence-electron chi connectivity index (χ0n) is 9.88. The molecule has 2 rings (SSSR count). The van der Waals surface area contributed by atoms with Gasteiger partial charge in [-0.2, -0.15) is 0 Å². The van der Waals surface area contributed by atoms with E-state index in [0.29, 0.717) is 0 Å². The van der Waals surface area contributed by atoms with Crippen LogP contribution < -0.4 is 11.5 Å². The number of rotatable bonds is 1. The zero-order chi connectivity index (χ0) is 11.7. The van der Waals surface area contributed by atoms with E-state index in [1.165, 1.54) is 22.3 Å². The van der Waals surface area contributed by atoms with Crippen LogP contribution in [0.4, 0.5) is 11.4 Å². The maximum atomic E-state index is 3.98. The summed E-state index contributed by atoms with van der Waals surface area (Å²) in [7, 11) is 0. The molecule has 0 bridgehead atoms. The SMILES string of the molecule is Cc1cc(-c2ccc([NH3+])c(C)c2)ccc1[NH3+]. The van der Waals surface area contributed by atoms with Gasteiger partial charge in [0.05, 0.1) is 0 Å². The van der Waals surface area contributed by atoms with Crippen molar-refractivity contribution in [1.82, 2.24) is 0 Å². The number of quaternary nitrogens is 2. The van der Waals surface area contributed by atoms with Crippen LogP contribution in [0.3, 0.4) is 0 Å². The molecule has 0 heterocycles. The second kappa shape index (κ2) is 4.08. The van der Waals surface area contributed by atoms with Crippen molar-refractivity contribution in [2.24, 2.45) is 0 Å². The highest BCUT2D eigenvalue weighted by Gasteiger charge is 2.04. The van der Waals surface area contributed by atoms with Gasteiger partial charge in [0.15, 0.2) is 0 Å². The minimum absolute atomic E-state index is 1.09. The Hall–Kier alpha value is -1.64. The third-order valence-electron chi connectivity index (χ3n) is 3.02. The Kier molecular flexibility index (Phi) is 2.77. The standard InChI is InChI=1S/C14H16N2/c1-9-7-11(3-5-13(9)15)12-4-6-14(16)10(2)8-12/h3-8H,15-16H2,1-2H3/p+2. The predicted octanol–water partition coefficient (Wildman–Crippen LogP) is 1.72. The molecule has 0 saturated carbocycles. The molecule has 0 atom stereocenters. The van der Waals surface area contributed by atoms with E-state index in [0.717, 1.165) is 11.4 Å². The van der Waals surface area contributed by atoms with E-state index in [-0.39, 0.29) is 0 Å². The first kappa shape index (κ1) is 10.9. The van der Waals surface area contributed by atoms with E-state index >= 15 is 0 Å². The first-order valence-corrected chi connectivity index (χ1v) is 5.43. The molecule has 0 spiro atoms. The van der Waals surface area contributed by atoms with E-state index in [1.807, 2.05) is 0 Å². The maximum Gasteiger partial charge on any atom is 0.130 e. The highest BCUT2D eigenvalue weighted by atomic mass is 14.6. The largest absolute Gasteiger partial charge is 0.325 e. The summed E-state index contributed by atoms with van der Waals surface area (Å²) in [6.07, 6.45) is 0. The Morgan fingerprint density at radius 2 is 1.06 bits per heavy atom. The molecule has 0 fully saturated rings. The summed E-state index contributed by atoms with van der Waals surface area (Å²) >= 11 is 0. The second-order valence-corrected chi connectivity index (χ2v) is 4.28. The number of hydrogen-bond donors (Lipinski definition) is 2. The van der Waals surface area contributed by atoms with E-state index in [1.54, 1.807) is 0 Å². The molecule has 2 heteroatoms. The van der Waals surface area contributed by atoms with Gasteiger partial charge in [0.1, 0.15) is 11.4 Å². The van der Waals surface area contributed by atoms with Gasteiger partial charge in [0, 0.05) is 11.1 Å². The van der Waals surface area contributed by atoms with E-state index < -0.39 is 0 Å². The van der Waals surface area contributed by atoms with Gasteiger partial charge < -0.3 is 11.5 Å². The predicted molar refractivity (Wildman–Crippen MR) is 66.4 cm³/mol. The molecule has 0 aromatic heterocycles. The van der Waals surface area contributed by atoms with Crippen LogP contribution in [-0.2, 0) is 0 Å². The lowest BCUT2D eigenvalue weighted by molar-refractivity contribution is -0.256. The molecule has 82 valence electrons. The van der Waals surface area contributed by atoms with Crippen molar-refractivity contribution >= 4 is 11.4 Å². The fourth-order valence-electron chi connectivity index (χ4n) is 1.75. The Labute approximate surface area is 95.9 Å². The number of benzene rings is 2. The van der Waals surface area contributed by atoms with Gasteiger partial charge in [-0.05, 0) is 61.4 Å². The van der Waals surface area contributed by atoms with Crippen molar-refractivity contribution in [3.63, 3.8) is 0 Å². The average Bonchev–Trinajstić information content (AvgIpc) is 2.26. The first-order valence-electron chi connectivity index (χ1n) is 5.43. The monoisotopic (exact) mass is 214 g/mol. The zero-order valence-corrected chi connectivity index (χ0v) is 9.88. The van der Waals surface area contributed by atoms with Crippen LogP contribution in [0.25, 0.3) is 11.1 Å². The van der Waals surface area contributed by atoms with Gasteiger partial charge in [-0.15, -0.1) is 0 Å². The Morgan fingerprint density at radius 3 is 1.38 bits per heavy atom. The quantitative estimate of drug-likeness (QED) is 0.726. The molecule has 0 unspecified atom stereocenters. The molecule has 0 radical (unpaired) electrons. The first-order chi connectivity index (χ1) is 7.58. The summed E-state index contributed by atoms with van der Waals surface area (Å²) in [4.78, 5) is 0. The molecule has 16 heavy (non-hydrogen) atoms. The average molecular weight is 214 g/mol. The molecule has 0 aliphatic carbocycles. The molecule has 2 aromatic carbocycles. The van der Waals surface area contributed by atoms with Gasteiger partial charge in [-0.25, -0.2) is 0 Å². The van der Waals surface area contributed by atoms with Gasteiger partial charge in [0.25, 0.3) is 0 Å². The van der Waals surface area contributed by atoms with Gasteiger partial charge in [0.2, 0.25) is 0 Å². The van der Waals surface area contributed by atoms with Crippen LogP contribution >= 0.6 is 0 Å². The lowest BCUT2D eigenvalue weighted by Crippen LogP contribution is -2.41. The number of hydrogen-bond acceptors (Lipinski definition) is 0. The van der Waals surface area contributed by atoms with Crippen LogP contribution in [0, 0.1) is 13.8 Å². The van der Waals surface area contributed by atoms with Crippen molar-refractivity contribution < 1.29 is 11.5 Å². The number of aryl methyl sites for hydroxylation is 2. The fraction of sp³-hybridized carbons (Fsp3) is 0.143. The van der Waals surface area contributed by atoms with Crippen molar-refractivity contribution in [1.29, 1.82) is 0 Å². The third-order valence-corrected chi connectivity index (χ3v) is 3.02. The Morgan fingerprint density at radius 1 is 0.688 bits per heavy atom. The fourth-order valence-corrected chi connectivity index (χ4v) is 1.75. The Balaban J connectivity index is 2.50. The van der Waals surface area contributed by atoms with Gasteiger partial charge in [-0.1, -0.05) is 0 Å². The molecule has 0 aliphatic heterocycles. The molecule has 0 amide bonds. The highest BCUT2D eigenvalue weighted by molar-refractivity contribution is 5.68. The molecule has 2 nitrogen and oxygen atoms in total. The summed E-state index contributed by atoms with van der Waals surface area (Å²) in [5.41, 5.74) is 15.1. The van der Waals surface area contributed by atoms with Crippen LogP contribution in [0.2, 0.25) is 0 Å². The molecule has 0 aliphatic rings.